The van der Waals surface area contributed by atoms with Crippen molar-refractivity contribution in [1.29, 1.82) is 0 Å². The van der Waals surface area contributed by atoms with Gasteiger partial charge < -0.3 is 10.4 Å². The Balaban J connectivity index is 2.52. The molecule has 1 aliphatic rings. The topological polar surface area (TPSA) is 49.3 Å². The van der Waals surface area contributed by atoms with E-state index >= 15 is 0 Å². The SMILES string of the molecule is CCC(C)C1NC(=O)CC1O. The normalized spacial score (nSPS) is 33.5. The van der Waals surface area contributed by atoms with Crippen molar-refractivity contribution >= 4 is 5.91 Å². The molecule has 0 saturated carbocycles. The summed E-state index contributed by atoms with van der Waals surface area (Å²) in [6, 6.07) is -0.0208. The molecule has 3 atom stereocenters. The van der Waals surface area contributed by atoms with E-state index in [1.165, 1.54) is 0 Å². The van der Waals surface area contributed by atoms with E-state index in [4.69, 9.17) is 0 Å². The number of amides is 1. The molecule has 3 heteroatoms. The van der Waals surface area contributed by atoms with Crippen molar-refractivity contribution in [3.63, 3.8) is 0 Å². The van der Waals surface area contributed by atoms with Gasteiger partial charge in [0.2, 0.25) is 5.91 Å². The summed E-state index contributed by atoms with van der Waals surface area (Å²) in [5, 5.41) is 12.1. The number of rotatable bonds is 2. The Morgan fingerprint density at radius 3 is 2.82 bits per heavy atom. The minimum atomic E-state index is -0.475. The van der Waals surface area contributed by atoms with Crippen LogP contribution in [0.15, 0.2) is 0 Å². The molecule has 0 aromatic rings. The molecule has 3 unspecified atom stereocenters. The number of hydrogen-bond acceptors (Lipinski definition) is 2. The molecule has 0 aromatic carbocycles. The Kier molecular flexibility index (Phi) is 2.49. The Bertz CT molecular complexity index is 158. The maximum absolute atomic E-state index is 10.8. The van der Waals surface area contributed by atoms with E-state index in [0.29, 0.717) is 5.92 Å². The molecule has 1 fully saturated rings. The Labute approximate surface area is 66.8 Å². The first-order chi connectivity index (χ1) is 5.15. The average Bonchev–Trinajstić information content (AvgIpc) is 2.28. The van der Waals surface area contributed by atoms with Crippen LogP contribution in [0, 0.1) is 5.92 Å². The van der Waals surface area contributed by atoms with Crippen molar-refractivity contribution in [2.24, 2.45) is 5.92 Å². The van der Waals surface area contributed by atoms with E-state index in [0.717, 1.165) is 6.42 Å². The number of nitrogens with one attached hydrogen (secondary N) is 1. The first kappa shape index (κ1) is 8.53. The molecular formula is C8H15NO2. The molecule has 1 aliphatic heterocycles. The minimum absolute atomic E-state index is 0.0208. The van der Waals surface area contributed by atoms with Gasteiger partial charge >= 0.3 is 0 Å². The zero-order chi connectivity index (χ0) is 8.43. The van der Waals surface area contributed by atoms with Crippen LogP contribution in [0.3, 0.4) is 0 Å². The van der Waals surface area contributed by atoms with Gasteiger partial charge in [-0.05, 0) is 5.92 Å². The van der Waals surface area contributed by atoms with Crippen LogP contribution in [0.1, 0.15) is 26.7 Å². The predicted octanol–water partition coefficient (Wildman–Crippen LogP) is 0.282. The molecule has 64 valence electrons. The van der Waals surface area contributed by atoms with Gasteiger partial charge in [0.15, 0.2) is 0 Å². The molecular weight excluding hydrogens is 142 g/mol. The molecule has 0 spiro atoms. The number of hydrogen-bond donors (Lipinski definition) is 2. The largest absolute Gasteiger partial charge is 0.390 e. The zero-order valence-electron chi connectivity index (χ0n) is 7.00. The summed E-state index contributed by atoms with van der Waals surface area (Å²) in [6.45, 7) is 4.10. The highest BCUT2D eigenvalue weighted by molar-refractivity contribution is 5.79. The number of aliphatic hydroxyl groups excluding tert-OH is 1. The van der Waals surface area contributed by atoms with Crippen LogP contribution in [0.4, 0.5) is 0 Å². The summed E-state index contributed by atoms with van der Waals surface area (Å²) in [5.74, 6) is 0.347. The van der Waals surface area contributed by atoms with Crippen LogP contribution in [0.5, 0.6) is 0 Å². The number of carbonyl (C=O) groups is 1. The molecule has 0 bridgehead atoms. The lowest BCUT2D eigenvalue weighted by Crippen LogP contribution is -2.37. The summed E-state index contributed by atoms with van der Waals surface area (Å²) in [6.07, 6.45) is 0.786. The van der Waals surface area contributed by atoms with Crippen LogP contribution < -0.4 is 5.32 Å². The second kappa shape index (κ2) is 3.22. The Hall–Kier alpha value is -0.570. The van der Waals surface area contributed by atoms with E-state index in [-0.39, 0.29) is 18.4 Å². The fraction of sp³-hybridized carbons (Fsp3) is 0.875. The molecule has 1 rings (SSSR count). The van der Waals surface area contributed by atoms with Crippen LogP contribution in [0.25, 0.3) is 0 Å². The molecule has 1 amide bonds. The van der Waals surface area contributed by atoms with Crippen LogP contribution in [-0.2, 0) is 4.79 Å². The third kappa shape index (κ3) is 1.71. The first-order valence-corrected chi connectivity index (χ1v) is 4.12. The van der Waals surface area contributed by atoms with Crippen LogP contribution in [0.2, 0.25) is 0 Å². The zero-order valence-corrected chi connectivity index (χ0v) is 7.00. The molecule has 1 heterocycles. The second-order valence-corrected chi connectivity index (χ2v) is 3.25. The predicted molar refractivity (Wildman–Crippen MR) is 42.0 cm³/mol. The van der Waals surface area contributed by atoms with Gasteiger partial charge in [-0.2, -0.15) is 0 Å². The molecule has 11 heavy (non-hydrogen) atoms. The van der Waals surface area contributed by atoms with Gasteiger partial charge in [-0.25, -0.2) is 0 Å². The van der Waals surface area contributed by atoms with E-state index in [1.807, 2.05) is 6.92 Å². The first-order valence-electron chi connectivity index (χ1n) is 4.12. The summed E-state index contributed by atoms with van der Waals surface area (Å²) in [7, 11) is 0. The monoisotopic (exact) mass is 157 g/mol. The van der Waals surface area contributed by atoms with Crippen molar-refractivity contribution in [1.82, 2.24) is 5.32 Å². The summed E-state index contributed by atoms with van der Waals surface area (Å²) >= 11 is 0. The van der Waals surface area contributed by atoms with E-state index in [9.17, 15) is 9.90 Å². The number of aliphatic hydroxyl groups is 1. The highest BCUT2D eigenvalue weighted by Crippen LogP contribution is 2.18. The molecule has 0 aromatic heterocycles. The van der Waals surface area contributed by atoms with Crippen molar-refractivity contribution in [2.75, 3.05) is 0 Å². The van der Waals surface area contributed by atoms with Gasteiger partial charge in [0, 0.05) is 0 Å². The molecule has 1 saturated heterocycles. The van der Waals surface area contributed by atoms with E-state index < -0.39 is 6.10 Å². The number of carbonyl (C=O) groups excluding carboxylic acids is 1. The average molecular weight is 157 g/mol. The molecule has 2 N–H and O–H groups in total. The van der Waals surface area contributed by atoms with Gasteiger partial charge in [-0.15, -0.1) is 0 Å². The van der Waals surface area contributed by atoms with Gasteiger partial charge in [0.1, 0.15) is 0 Å². The maximum Gasteiger partial charge on any atom is 0.222 e. The van der Waals surface area contributed by atoms with Crippen molar-refractivity contribution < 1.29 is 9.90 Å². The lowest BCUT2D eigenvalue weighted by Gasteiger charge is -2.20. The fourth-order valence-corrected chi connectivity index (χ4v) is 1.43. The summed E-state index contributed by atoms with van der Waals surface area (Å²) < 4.78 is 0. The maximum atomic E-state index is 10.8. The molecule has 3 nitrogen and oxygen atoms in total. The van der Waals surface area contributed by atoms with Gasteiger partial charge in [0.05, 0.1) is 18.6 Å². The summed E-state index contributed by atoms with van der Waals surface area (Å²) in [5.41, 5.74) is 0. The molecule has 0 radical (unpaired) electrons. The standard InChI is InChI=1S/C8H15NO2/c1-3-5(2)8-6(10)4-7(11)9-8/h5-6,8,10H,3-4H2,1-2H3,(H,9,11). The second-order valence-electron chi connectivity index (χ2n) is 3.25. The lowest BCUT2D eigenvalue weighted by molar-refractivity contribution is -0.119. The van der Waals surface area contributed by atoms with Gasteiger partial charge in [-0.1, -0.05) is 20.3 Å². The fourth-order valence-electron chi connectivity index (χ4n) is 1.43. The van der Waals surface area contributed by atoms with Crippen LogP contribution >= 0.6 is 0 Å². The van der Waals surface area contributed by atoms with Crippen molar-refractivity contribution in [2.45, 2.75) is 38.8 Å². The Morgan fingerprint density at radius 2 is 2.45 bits per heavy atom. The highest BCUT2D eigenvalue weighted by atomic mass is 16.3. The third-order valence-electron chi connectivity index (χ3n) is 2.39. The van der Waals surface area contributed by atoms with Crippen molar-refractivity contribution in [3.8, 4) is 0 Å². The molecule has 0 aliphatic carbocycles. The van der Waals surface area contributed by atoms with Crippen LogP contribution in [-0.4, -0.2) is 23.2 Å². The van der Waals surface area contributed by atoms with Gasteiger partial charge in [-0.3, -0.25) is 4.79 Å². The lowest BCUT2D eigenvalue weighted by atomic mass is 9.96. The smallest absolute Gasteiger partial charge is 0.222 e. The highest BCUT2D eigenvalue weighted by Gasteiger charge is 2.33. The van der Waals surface area contributed by atoms with Crippen molar-refractivity contribution in [3.05, 3.63) is 0 Å². The Morgan fingerprint density at radius 1 is 1.82 bits per heavy atom. The van der Waals surface area contributed by atoms with E-state index in [1.54, 1.807) is 0 Å². The minimum Gasteiger partial charge on any atom is -0.390 e. The quantitative estimate of drug-likeness (QED) is 0.605. The van der Waals surface area contributed by atoms with E-state index in [2.05, 4.69) is 12.2 Å². The third-order valence-corrected chi connectivity index (χ3v) is 2.39. The van der Waals surface area contributed by atoms with Gasteiger partial charge in [0.25, 0.3) is 0 Å². The summed E-state index contributed by atoms with van der Waals surface area (Å²) in [4.78, 5) is 10.8.